The zero-order chi connectivity index (χ0) is 21.7. The predicted octanol–water partition coefficient (Wildman–Crippen LogP) is 6.07. The van der Waals surface area contributed by atoms with Crippen molar-refractivity contribution in [3.05, 3.63) is 70.8 Å². The summed E-state index contributed by atoms with van der Waals surface area (Å²) in [5.41, 5.74) is 9.43. The van der Waals surface area contributed by atoms with Crippen molar-refractivity contribution in [2.45, 2.75) is 65.7 Å². The standard InChI is InChI=1S/C26H30N4/c1-16-14-28-24-21(29-16)12-11-17(22(24)26(5,6)7)13-18-15-27-20-10-8-9-19(23(20)30-18)25(2,3)4/h8-12,14-15H,13H2,1-7H3. The highest BCUT2D eigenvalue weighted by Gasteiger charge is 2.23. The van der Waals surface area contributed by atoms with Crippen LogP contribution in [0.4, 0.5) is 0 Å². The van der Waals surface area contributed by atoms with Crippen molar-refractivity contribution < 1.29 is 0 Å². The van der Waals surface area contributed by atoms with Crippen LogP contribution >= 0.6 is 0 Å². The van der Waals surface area contributed by atoms with Crippen LogP contribution in [0.3, 0.4) is 0 Å². The molecule has 0 amide bonds. The Hall–Kier alpha value is -2.88. The summed E-state index contributed by atoms with van der Waals surface area (Å²) in [4.78, 5) is 19.2. The minimum absolute atomic E-state index is 0.0137. The van der Waals surface area contributed by atoms with Gasteiger partial charge in [-0.2, -0.15) is 0 Å². The number of benzene rings is 2. The van der Waals surface area contributed by atoms with Gasteiger partial charge in [0.05, 0.1) is 33.5 Å². The highest BCUT2D eigenvalue weighted by molar-refractivity contribution is 5.81. The number of aromatic nitrogens is 4. The van der Waals surface area contributed by atoms with Gasteiger partial charge in [-0.25, -0.2) is 9.97 Å². The van der Waals surface area contributed by atoms with Crippen LogP contribution in [-0.2, 0) is 17.3 Å². The summed E-state index contributed by atoms with van der Waals surface area (Å²) < 4.78 is 0. The molecule has 2 heterocycles. The molecule has 0 unspecified atom stereocenters. The highest BCUT2D eigenvalue weighted by Crippen LogP contribution is 2.33. The van der Waals surface area contributed by atoms with Gasteiger partial charge < -0.3 is 0 Å². The SMILES string of the molecule is Cc1cnc2c(C(C)(C)C)c(Cc3cnc4cccc(C(C)(C)C)c4n3)ccc2n1. The third-order valence-electron chi connectivity index (χ3n) is 5.47. The molecule has 0 radical (unpaired) electrons. The molecule has 2 aromatic heterocycles. The van der Waals surface area contributed by atoms with E-state index in [-0.39, 0.29) is 10.8 Å². The molecule has 0 fully saturated rings. The van der Waals surface area contributed by atoms with Crippen LogP contribution in [0, 0.1) is 6.92 Å². The fourth-order valence-electron chi connectivity index (χ4n) is 4.16. The molecule has 4 heteroatoms. The third kappa shape index (κ3) is 3.79. The number of hydrogen-bond donors (Lipinski definition) is 0. The molecule has 4 nitrogen and oxygen atoms in total. The molecule has 154 valence electrons. The summed E-state index contributed by atoms with van der Waals surface area (Å²) in [6.07, 6.45) is 4.48. The Kier molecular flexibility index (Phi) is 4.84. The maximum atomic E-state index is 5.06. The van der Waals surface area contributed by atoms with Crippen LogP contribution in [0.5, 0.6) is 0 Å². The number of nitrogens with zero attached hydrogens (tertiary/aromatic N) is 4. The average molecular weight is 399 g/mol. The zero-order valence-corrected chi connectivity index (χ0v) is 19.0. The Bertz CT molecular complexity index is 1240. The molecule has 0 atom stereocenters. The lowest BCUT2D eigenvalue weighted by Crippen LogP contribution is -2.17. The maximum Gasteiger partial charge on any atom is 0.0927 e. The van der Waals surface area contributed by atoms with Gasteiger partial charge in [0.25, 0.3) is 0 Å². The van der Waals surface area contributed by atoms with Gasteiger partial charge in [-0.3, -0.25) is 9.97 Å². The number of para-hydroxylation sites is 1. The number of rotatable bonds is 2. The van der Waals surface area contributed by atoms with Crippen LogP contribution in [0.25, 0.3) is 22.1 Å². The van der Waals surface area contributed by atoms with E-state index < -0.39 is 0 Å². The first-order valence-corrected chi connectivity index (χ1v) is 10.5. The Morgan fingerprint density at radius 3 is 2.20 bits per heavy atom. The van der Waals surface area contributed by atoms with Crippen molar-refractivity contribution >= 4 is 22.1 Å². The molecule has 0 spiro atoms. The topological polar surface area (TPSA) is 51.6 Å². The van der Waals surface area contributed by atoms with E-state index in [1.54, 1.807) is 0 Å². The second kappa shape index (κ2) is 7.12. The van der Waals surface area contributed by atoms with Crippen LogP contribution in [0.2, 0.25) is 0 Å². The maximum absolute atomic E-state index is 5.06. The van der Waals surface area contributed by atoms with Crippen LogP contribution in [-0.4, -0.2) is 19.9 Å². The number of fused-ring (bicyclic) bond motifs is 2. The first-order chi connectivity index (χ1) is 14.0. The third-order valence-corrected chi connectivity index (χ3v) is 5.47. The molecule has 0 bridgehead atoms. The first-order valence-electron chi connectivity index (χ1n) is 10.5. The smallest absolute Gasteiger partial charge is 0.0927 e. The van der Waals surface area contributed by atoms with Gasteiger partial charge in [-0.1, -0.05) is 59.7 Å². The van der Waals surface area contributed by atoms with Crippen LogP contribution in [0.15, 0.2) is 42.7 Å². The molecular weight excluding hydrogens is 368 g/mol. The average Bonchev–Trinajstić information content (AvgIpc) is 2.65. The van der Waals surface area contributed by atoms with Gasteiger partial charge in [0, 0.05) is 18.8 Å². The van der Waals surface area contributed by atoms with Crippen molar-refractivity contribution in [2.24, 2.45) is 0 Å². The lowest BCUT2D eigenvalue weighted by molar-refractivity contribution is 0.588. The van der Waals surface area contributed by atoms with Gasteiger partial charge >= 0.3 is 0 Å². The van der Waals surface area contributed by atoms with E-state index in [4.69, 9.17) is 15.0 Å². The van der Waals surface area contributed by atoms with E-state index in [1.807, 2.05) is 25.4 Å². The largest absolute Gasteiger partial charge is 0.253 e. The van der Waals surface area contributed by atoms with Crippen molar-refractivity contribution in [2.75, 3.05) is 0 Å². The first kappa shape index (κ1) is 20.4. The summed E-state index contributed by atoms with van der Waals surface area (Å²) >= 11 is 0. The Morgan fingerprint density at radius 2 is 1.50 bits per heavy atom. The van der Waals surface area contributed by atoms with Gasteiger partial charge in [0.1, 0.15) is 0 Å². The molecule has 0 aliphatic rings. The van der Waals surface area contributed by atoms with E-state index in [1.165, 1.54) is 16.7 Å². The van der Waals surface area contributed by atoms with Gasteiger partial charge in [0.2, 0.25) is 0 Å². The van der Waals surface area contributed by atoms with Gasteiger partial charge in [-0.15, -0.1) is 0 Å². The fraction of sp³-hybridized carbons (Fsp3) is 0.385. The second-order valence-electron chi connectivity index (χ2n) is 10.2. The minimum atomic E-state index is -0.0559. The summed E-state index contributed by atoms with van der Waals surface area (Å²) in [7, 11) is 0. The number of hydrogen-bond acceptors (Lipinski definition) is 4. The van der Waals surface area contributed by atoms with E-state index in [9.17, 15) is 0 Å². The van der Waals surface area contributed by atoms with E-state index >= 15 is 0 Å². The summed E-state index contributed by atoms with van der Waals surface area (Å²) in [5, 5.41) is 0. The van der Waals surface area contributed by atoms with E-state index in [0.29, 0.717) is 0 Å². The summed E-state index contributed by atoms with van der Waals surface area (Å²) in [5.74, 6) is 0. The van der Waals surface area contributed by atoms with Crippen LogP contribution < -0.4 is 0 Å². The molecule has 0 saturated carbocycles. The molecule has 0 aliphatic carbocycles. The Morgan fingerprint density at radius 1 is 0.733 bits per heavy atom. The molecule has 4 rings (SSSR count). The van der Waals surface area contributed by atoms with Crippen molar-refractivity contribution in [3.63, 3.8) is 0 Å². The molecule has 0 aliphatic heterocycles. The monoisotopic (exact) mass is 398 g/mol. The zero-order valence-electron chi connectivity index (χ0n) is 19.0. The fourth-order valence-corrected chi connectivity index (χ4v) is 4.16. The molecule has 30 heavy (non-hydrogen) atoms. The summed E-state index contributed by atoms with van der Waals surface area (Å²) in [6.45, 7) is 15.3. The highest BCUT2D eigenvalue weighted by atomic mass is 14.8. The molecule has 4 aromatic rings. The molecule has 0 saturated heterocycles. The molecule has 0 N–H and O–H groups in total. The van der Waals surface area contributed by atoms with Crippen molar-refractivity contribution in [1.82, 2.24) is 19.9 Å². The van der Waals surface area contributed by atoms with Crippen LogP contribution in [0.1, 0.15) is 69.6 Å². The Balaban J connectivity index is 1.87. The summed E-state index contributed by atoms with van der Waals surface area (Å²) in [6, 6.07) is 10.5. The van der Waals surface area contributed by atoms with Crippen molar-refractivity contribution in [1.29, 1.82) is 0 Å². The van der Waals surface area contributed by atoms with E-state index in [2.05, 4.69) is 70.8 Å². The van der Waals surface area contributed by atoms with E-state index in [0.717, 1.165) is 39.9 Å². The molecule has 2 aromatic carbocycles. The predicted molar refractivity (Wildman–Crippen MR) is 124 cm³/mol. The molecular formula is C26H30N4. The Labute approximate surface area is 178 Å². The lowest BCUT2D eigenvalue weighted by atomic mass is 9.81. The number of aryl methyl sites for hydroxylation is 1. The normalized spacial score (nSPS) is 12.6. The second-order valence-corrected chi connectivity index (χ2v) is 10.2. The van der Waals surface area contributed by atoms with Gasteiger partial charge in [-0.05, 0) is 46.6 Å². The van der Waals surface area contributed by atoms with Crippen molar-refractivity contribution in [3.8, 4) is 0 Å². The minimum Gasteiger partial charge on any atom is -0.253 e. The quantitative estimate of drug-likeness (QED) is 0.411. The lowest BCUT2D eigenvalue weighted by Gasteiger charge is -2.24. The van der Waals surface area contributed by atoms with Gasteiger partial charge in [0.15, 0.2) is 0 Å².